The van der Waals surface area contributed by atoms with Crippen LogP contribution < -0.4 is 5.32 Å². The molecule has 0 radical (unpaired) electrons. The van der Waals surface area contributed by atoms with Crippen LogP contribution in [0.4, 0.5) is 5.69 Å². The third-order valence-corrected chi connectivity index (χ3v) is 4.94. The molecule has 0 bridgehead atoms. The van der Waals surface area contributed by atoms with Gasteiger partial charge >= 0.3 is 0 Å². The van der Waals surface area contributed by atoms with Crippen molar-refractivity contribution in [2.24, 2.45) is 0 Å². The van der Waals surface area contributed by atoms with Crippen molar-refractivity contribution in [1.29, 1.82) is 0 Å². The van der Waals surface area contributed by atoms with E-state index >= 15 is 0 Å². The number of hydrogen-bond donors (Lipinski definition) is 2. The highest BCUT2D eigenvalue weighted by molar-refractivity contribution is 7.99. The number of benzene rings is 2. The first kappa shape index (κ1) is 14.2. The van der Waals surface area contributed by atoms with Crippen molar-refractivity contribution in [2.45, 2.75) is 24.3 Å². The zero-order valence-corrected chi connectivity index (χ0v) is 12.6. The number of amides is 1. The summed E-state index contributed by atoms with van der Waals surface area (Å²) >= 11 is 1.73. The van der Waals surface area contributed by atoms with E-state index < -0.39 is 0 Å². The van der Waals surface area contributed by atoms with E-state index in [0.29, 0.717) is 0 Å². The molecular weight excluding hydrogens is 282 g/mol. The summed E-state index contributed by atoms with van der Waals surface area (Å²) in [6, 6.07) is 13.7. The maximum Gasteiger partial charge on any atom is 0.232 e. The van der Waals surface area contributed by atoms with E-state index in [1.807, 2.05) is 43.3 Å². The third-order valence-electron chi connectivity index (χ3n) is 3.76. The molecule has 0 spiro atoms. The SMILES string of the molecule is Cc1ccc(CO)cc1NC(=O)C1CSc2ccccc21. The van der Waals surface area contributed by atoms with Crippen LogP contribution in [0.3, 0.4) is 0 Å². The number of carbonyl (C=O) groups excluding carboxylic acids is 1. The monoisotopic (exact) mass is 299 g/mol. The second-order valence-corrected chi connectivity index (χ2v) is 6.26. The van der Waals surface area contributed by atoms with Crippen molar-refractivity contribution in [2.75, 3.05) is 11.1 Å². The molecule has 0 aliphatic carbocycles. The number of hydrogen-bond acceptors (Lipinski definition) is 3. The zero-order valence-electron chi connectivity index (χ0n) is 11.8. The first-order chi connectivity index (χ1) is 10.2. The number of aliphatic hydroxyl groups is 1. The van der Waals surface area contributed by atoms with Gasteiger partial charge in [0.2, 0.25) is 5.91 Å². The van der Waals surface area contributed by atoms with Crippen molar-refractivity contribution in [3.63, 3.8) is 0 Å². The minimum Gasteiger partial charge on any atom is -0.392 e. The van der Waals surface area contributed by atoms with Crippen LogP contribution in [0.5, 0.6) is 0 Å². The van der Waals surface area contributed by atoms with Crippen molar-refractivity contribution in [3.05, 3.63) is 59.2 Å². The highest BCUT2D eigenvalue weighted by Crippen LogP contribution is 2.39. The van der Waals surface area contributed by atoms with Gasteiger partial charge in [0.15, 0.2) is 0 Å². The molecule has 3 rings (SSSR count). The summed E-state index contributed by atoms with van der Waals surface area (Å²) in [5.41, 5.74) is 3.69. The van der Waals surface area contributed by atoms with E-state index in [2.05, 4.69) is 11.4 Å². The summed E-state index contributed by atoms with van der Waals surface area (Å²) in [7, 11) is 0. The Balaban J connectivity index is 1.82. The molecule has 1 atom stereocenters. The number of anilines is 1. The highest BCUT2D eigenvalue weighted by Gasteiger charge is 2.29. The van der Waals surface area contributed by atoms with Crippen LogP contribution in [0.1, 0.15) is 22.6 Å². The van der Waals surface area contributed by atoms with Gasteiger partial charge in [0, 0.05) is 16.3 Å². The molecule has 2 aromatic rings. The van der Waals surface area contributed by atoms with Gasteiger partial charge in [-0.05, 0) is 35.7 Å². The van der Waals surface area contributed by atoms with Crippen LogP contribution in [-0.4, -0.2) is 16.8 Å². The van der Waals surface area contributed by atoms with E-state index in [9.17, 15) is 9.90 Å². The van der Waals surface area contributed by atoms with E-state index in [1.165, 1.54) is 4.90 Å². The fourth-order valence-corrected chi connectivity index (χ4v) is 3.73. The molecular formula is C17H17NO2S. The average Bonchev–Trinajstić information content (AvgIpc) is 2.93. The van der Waals surface area contributed by atoms with Crippen molar-refractivity contribution in [3.8, 4) is 0 Å². The summed E-state index contributed by atoms with van der Waals surface area (Å²) in [4.78, 5) is 13.7. The highest BCUT2D eigenvalue weighted by atomic mass is 32.2. The molecule has 1 aliphatic rings. The van der Waals surface area contributed by atoms with E-state index in [0.717, 1.165) is 28.1 Å². The van der Waals surface area contributed by atoms with Gasteiger partial charge in [0.05, 0.1) is 12.5 Å². The van der Waals surface area contributed by atoms with E-state index in [-0.39, 0.29) is 18.4 Å². The summed E-state index contributed by atoms with van der Waals surface area (Å²) in [5, 5.41) is 12.2. The second-order valence-electron chi connectivity index (χ2n) is 5.20. The molecule has 1 heterocycles. The molecule has 2 aromatic carbocycles. The third kappa shape index (κ3) is 2.82. The standard InChI is InChI=1S/C17H17NO2S/c1-11-6-7-12(9-19)8-15(11)18-17(20)14-10-21-16-5-3-2-4-13(14)16/h2-8,14,19H,9-10H2,1H3,(H,18,20). The largest absolute Gasteiger partial charge is 0.392 e. The van der Waals surface area contributed by atoms with Gasteiger partial charge in [-0.3, -0.25) is 4.79 Å². The molecule has 4 heteroatoms. The number of carbonyl (C=O) groups is 1. The molecule has 3 nitrogen and oxygen atoms in total. The second kappa shape index (κ2) is 5.92. The predicted molar refractivity (Wildman–Crippen MR) is 85.6 cm³/mol. The minimum atomic E-state index is -0.108. The molecule has 1 amide bonds. The van der Waals surface area contributed by atoms with Crippen LogP contribution in [-0.2, 0) is 11.4 Å². The number of fused-ring (bicyclic) bond motifs is 1. The Morgan fingerprint density at radius 1 is 1.33 bits per heavy atom. The van der Waals surface area contributed by atoms with Crippen molar-refractivity contribution < 1.29 is 9.90 Å². The lowest BCUT2D eigenvalue weighted by atomic mass is 10.00. The average molecular weight is 299 g/mol. The van der Waals surface area contributed by atoms with E-state index in [1.54, 1.807) is 11.8 Å². The lowest BCUT2D eigenvalue weighted by molar-refractivity contribution is -0.117. The first-order valence-electron chi connectivity index (χ1n) is 6.92. The molecule has 1 aliphatic heterocycles. The summed E-state index contributed by atoms with van der Waals surface area (Å²) < 4.78 is 0. The Morgan fingerprint density at radius 2 is 2.14 bits per heavy atom. The molecule has 0 saturated carbocycles. The number of nitrogens with one attached hydrogen (secondary N) is 1. The Morgan fingerprint density at radius 3 is 2.95 bits per heavy atom. The zero-order chi connectivity index (χ0) is 14.8. The molecule has 0 saturated heterocycles. The van der Waals surface area contributed by atoms with Gasteiger partial charge < -0.3 is 10.4 Å². The van der Waals surface area contributed by atoms with Gasteiger partial charge in [-0.25, -0.2) is 0 Å². The smallest absolute Gasteiger partial charge is 0.232 e. The summed E-state index contributed by atoms with van der Waals surface area (Å²) in [5.74, 6) is 0.693. The molecule has 2 N–H and O–H groups in total. The number of aryl methyl sites for hydroxylation is 1. The van der Waals surface area contributed by atoms with Gasteiger partial charge in [0.1, 0.15) is 0 Å². The fraction of sp³-hybridized carbons (Fsp3) is 0.235. The van der Waals surface area contributed by atoms with Crippen LogP contribution in [0.15, 0.2) is 47.4 Å². The fourth-order valence-electron chi connectivity index (χ4n) is 2.50. The van der Waals surface area contributed by atoms with Crippen molar-refractivity contribution >= 4 is 23.4 Å². The number of rotatable bonds is 3. The Bertz CT molecular complexity index is 684. The quantitative estimate of drug-likeness (QED) is 0.914. The Kier molecular flexibility index (Phi) is 3.99. The number of thioether (sulfide) groups is 1. The predicted octanol–water partition coefficient (Wildman–Crippen LogP) is 3.32. The molecule has 1 unspecified atom stereocenters. The maximum atomic E-state index is 12.5. The van der Waals surface area contributed by atoms with Gasteiger partial charge in [-0.1, -0.05) is 30.3 Å². The Labute approximate surface area is 128 Å². The normalized spacial score (nSPS) is 16.6. The van der Waals surface area contributed by atoms with E-state index in [4.69, 9.17) is 0 Å². The van der Waals surface area contributed by atoms with Crippen LogP contribution >= 0.6 is 11.8 Å². The van der Waals surface area contributed by atoms with Crippen LogP contribution in [0.2, 0.25) is 0 Å². The van der Waals surface area contributed by atoms with Crippen molar-refractivity contribution in [1.82, 2.24) is 0 Å². The topological polar surface area (TPSA) is 49.3 Å². The summed E-state index contributed by atoms with van der Waals surface area (Å²) in [6.07, 6.45) is 0. The lowest BCUT2D eigenvalue weighted by Gasteiger charge is -2.14. The minimum absolute atomic E-state index is 0.0191. The number of aliphatic hydroxyl groups excluding tert-OH is 1. The van der Waals surface area contributed by atoms with Gasteiger partial charge in [0.25, 0.3) is 0 Å². The molecule has 0 fully saturated rings. The Hall–Kier alpha value is -1.78. The first-order valence-corrected chi connectivity index (χ1v) is 7.90. The van der Waals surface area contributed by atoms with Crippen LogP contribution in [0, 0.1) is 6.92 Å². The molecule has 108 valence electrons. The molecule has 0 aromatic heterocycles. The lowest BCUT2D eigenvalue weighted by Crippen LogP contribution is -2.21. The van der Waals surface area contributed by atoms with Gasteiger partial charge in [-0.2, -0.15) is 0 Å². The molecule has 21 heavy (non-hydrogen) atoms. The van der Waals surface area contributed by atoms with Gasteiger partial charge in [-0.15, -0.1) is 11.8 Å². The maximum absolute atomic E-state index is 12.5. The summed E-state index contributed by atoms with van der Waals surface area (Å²) in [6.45, 7) is 1.93. The van der Waals surface area contributed by atoms with Crippen LogP contribution in [0.25, 0.3) is 0 Å².